The highest BCUT2D eigenvalue weighted by Gasteiger charge is 2.43. The second kappa shape index (κ2) is 4.90. The van der Waals surface area contributed by atoms with E-state index >= 15 is 0 Å². The van der Waals surface area contributed by atoms with Gasteiger partial charge in [0.15, 0.2) is 11.4 Å². The standard InChI is InChI=1S/C12H20O3/c1-9(2)10(3)12(15-14)8-6-4-5-7-11(12)13/h9,14H,3-8H2,1-2H3. The Morgan fingerprint density at radius 1 is 1.47 bits per heavy atom. The van der Waals surface area contributed by atoms with Crippen LogP contribution in [0.2, 0.25) is 0 Å². The smallest absolute Gasteiger partial charge is 0.182 e. The van der Waals surface area contributed by atoms with E-state index in [1.165, 1.54) is 0 Å². The Morgan fingerprint density at radius 2 is 2.13 bits per heavy atom. The van der Waals surface area contributed by atoms with E-state index in [2.05, 4.69) is 11.5 Å². The van der Waals surface area contributed by atoms with Crippen molar-refractivity contribution in [1.29, 1.82) is 0 Å². The van der Waals surface area contributed by atoms with Gasteiger partial charge < -0.3 is 0 Å². The van der Waals surface area contributed by atoms with Crippen molar-refractivity contribution >= 4 is 5.78 Å². The molecule has 0 aromatic heterocycles. The highest BCUT2D eigenvalue weighted by atomic mass is 17.1. The zero-order valence-corrected chi connectivity index (χ0v) is 9.58. The summed E-state index contributed by atoms with van der Waals surface area (Å²) in [5.41, 5.74) is -0.443. The number of Topliss-reactive ketones (excluding diaryl/α,β-unsaturated/α-hetero) is 1. The van der Waals surface area contributed by atoms with Crippen molar-refractivity contribution in [2.24, 2.45) is 5.92 Å². The topological polar surface area (TPSA) is 46.5 Å². The van der Waals surface area contributed by atoms with Crippen molar-refractivity contribution in [3.63, 3.8) is 0 Å². The lowest BCUT2D eigenvalue weighted by Crippen LogP contribution is -2.43. The van der Waals surface area contributed by atoms with E-state index in [9.17, 15) is 4.79 Å². The third-order valence-corrected chi connectivity index (χ3v) is 3.25. The second-order valence-corrected chi connectivity index (χ2v) is 4.58. The van der Waals surface area contributed by atoms with Crippen LogP contribution in [0.3, 0.4) is 0 Å². The van der Waals surface area contributed by atoms with E-state index in [4.69, 9.17) is 5.26 Å². The predicted octanol–water partition coefficient (Wildman–Crippen LogP) is 2.96. The van der Waals surface area contributed by atoms with Gasteiger partial charge >= 0.3 is 0 Å². The molecule has 0 aromatic carbocycles. The molecule has 1 aliphatic rings. The van der Waals surface area contributed by atoms with E-state index in [1.807, 2.05) is 13.8 Å². The average molecular weight is 212 g/mol. The van der Waals surface area contributed by atoms with Crippen molar-refractivity contribution in [1.82, 2.24) is 0 Å². The van der Waals surface area contributed by atoms with Gasteiger partial charge in [-0.15, -0.1) is 0 Å². The van der Waals surface area contributed by atoms with Crippen LogP contribution in [0.5, 0.6) is 0 Å². The SMILES string of the molecule is C=C(C(C)C)C1(OO)CCCCCC1=O. The molecule has 86 valence electrons. The fraction of sp³-hybridized carbons (Fsp3) is 0.750. The first-order chi connectivity index (χ1) is 7.04. The zero-order chi connectivity index (χ0) is 11.5. The lowest BCUT2D eigenvalue weighted by Gasteiger charge is -2.31. The summed E-state index contributed by atoms with van der Waals surface area (Å²) in [5, 5.41) is 9.07. The molecule has 1 fully saturated rings. The van der Waals surface area contributed by atoms with Crippen molar-refractivity contribution in [3.8, 4) is 0 Å². The third kappa shape index (κ3) is 2.29. The fourth-order valence-electron chi connectivity index (χ4n) is 2.14. The van der Waals surface area contributed by atoms with Crippen LogP contribution in [0.15, 0.2) is 12.2 Å². The summed E-state index contributed by atoms with van der Waals surface area (Å²) in [4.78, 5) is 16.5. The van der Waals surface area contributed by atoms with Gasteiger partial charge in [0.25, 0.3) is 0 Å². The van der Waals surface area contributed by atoms with Gasteiger partial charge in [-0.05, 0) is 30.8 Å². The Balaban J connectivity index is 2.98. The maximum absolute atomic E-state index is 12.0. The minimum absolute atomic E-state index is 0.0267. The van der Waals surface area contributed by atoms with Gasteiger partial charge in [-0.1, -0.05) is 26.8 Å². The minimum atomic E-state index is -1.13. The summed E-state index contributed by atoms with van der Waals surface area (Å²) in [5.74, 6) is 0.111. The molecular formula is C12H20O3. The van der Waals surface area contributed by atoms with E-state index in [-0.39, 0.29) is 11.7 Å². The largest absolute Gasteiger partial charge is 0.296 e. The van der Waals surface area contributed by atoms with E-state index in [0.29, 0.717) is 18.4 Å². The zero-order valence-electron chi connectivity index (χ0n) is 9.58. The fourth-order valence-corrected chi connectivity index (χ4v) is 2.14. The molecule has 0 spiro atoms. The molecule has 1 unspecified atom stereocenters. The number of hydrogen-bond donors (Lipinski definition) is 1. The molecule has 15 heavy (non-hydrogen) atoms. The Hall–Kier alpha value is -0.670. The highest BCUT2D eigenvalue weighted by molar-refractivity contribution is 5.90. The van der Waals surface area contributed by atoms with E-state index in [1.54, 1.807) is 0 Å². The lowest BCUT2D eigenvalue weighted by atomic mass is 9.80. The Kier molecular flexibility index (Phi) is 4.05. The summed E-state index contributed by atoms with van der Waals surface area (Å²) < 4.78 is 0. The van der Waals surface area contributed by atoms with Crippen LogP contribution >= 0.6 is 0 Å². The molecule has 1 aliphatic carbocycles. The third-order valence-electron chi connectivity index (χ3n) is 3.25. The minimum Gasteiger partial charge on any atom is -0.296 e. The van der Waals surface area contributed by atoms with Crippen LogP contribution in [0, 0.1) is 5.92 Å². The number of carbonyl (C=O) groups is 1. The Labute approximate surface area is 91.1 Å². The summed E-state index contributed by atoms with van der Waals surface area (Å²) in [6.07, 6.45) is 3.83. The molecule has 3 nitrogen and oxygen atoms in total. The molecule has 1 saturated carbocycles. The summed E-state index contributed by atoms with van der Waals surface area (Å²) in [6.45, 7) is 7.83. The van der Waals surface area contributed by atoms with E-state index < -0.39 is 5.60 Å². The van der Waals surface area contributed by atoms with Crippen molar-refractivity contribution in [2.75, 3.05) is 0 Å². The predicted molar refractivity (Wildman–Crippen MR) is 58.5 cm³/mol. The van der Waals surface area contributed by atoms with Gasteiger partial charge in [-0.3, -0.25) is 10.1 Å². The molecule has 1 N–H and O–H groups in total. The molecular weight excluding hydrogens is 192 g/mol. The second-order valence-electron chi connectivity index (χ2n) is 4.58. The molecule has 0 amide bonds. The Morgan fingerprint density at radius 3 is 2.67 bits per heavy atom. The maximum atomic E-state index is 12.0. The van der Waals surface area contributed by atoms with Crippen LogP contribution in [0.25, 0.3) is 0 Å². The average Bonchev–Trinajstić information content (AvgIpc) is 2.40. The van der Waals surface area contributed by atoms with Crippen molar-refractivity contribution in [2.45, 2.75) is 51.6 Å². The first-order valence-corrected chi connectivity index (χ1v) is 5.59. The highest BCUT2D eigenvalue weighted by Crippen LogP contribution is 2.35. The molecule has 3 heteroatoms. The molecule has 0 heterocycles. The lowest BCUT2D eigenvalue weighted by molar-refractivity contribution is -0.302. The molecule has 0 aromatic rings. The van der Waals surface area contributed by atoms with Gasteiger partial charge in [0.2, 0.25) is 0 Å². The van der Waals surface area contributed by atoms with Crippen LogP contribution in [-0.2, 0) is 9.68 Å². The van der Waals surface area contributed by atoms with E-state index in [0.717, 1.165) is 19.3 Å². The summed E-state index contributed by atoms with van der Waals surface area (Å²) in [6, 6.07) is 0. The number of rotatable bonds is 3. The van der Waals surface area contributed by atoms with Gasteiger partial charge in [0, 0.05) is 6.42 Å². The summed E-state index contributed by atoms with van der Waals surface area (Å²) >= 11 is 0. The molecule has 1 rings (SSSR count). The molecule has 0 radical (unpaired) electrons. The molecule has 0 aliphatic heterocycles. The Bertz CT molecular complexity index is 258. The van der Waals surface area contributed by atoms with Crippen LogP contribution in [-0.4, -0.2) is 16.6 Å². The van der Waals surface area contributed by atoms with Crippen LogP contribution in [0.4, 0.5) is 0 Å². The number of carbonyl (C=O) groups excluding carboxylic acids is 1. The van der Waals surface area contributed by atoms with Gasteiger partial charge in [0.05, 0.1) is 0 Å². The number of hydrogen-bond acceptors (Lipinski definition) is 3. The maximum Gasteiger partial charge on any atom is 0.182 e. The molecule has 1 atom stereocenters. The monoisotopic (exact) mass is 212 g/mol. The summed E-state index contributed by atoms with van der Waals surface area (Å²) in [7, 11) is 0. The van der Waals surface area contributed by atoms with Gasteiger partial charge in [-0.2, -0.15) is 0 Å². The van der Waals surface area contributed by atoms with Crippen molar-refractivity contribution in [3.05, 3.63) is 12.2 Å². The van der Waals surface area contributed by atoms with Gasteiger partial charge in [0.1, 0.15) is 0 Å². The normalized spacial score (nSPS) is 27.9. The van der Waals surface area contributed by atoms with Crippen LogP contribution in [0.1, 0.15) is 46.0 Å². The first kappa shape index (κ1) is 12.4. The van der Waals surface area contributed by atoms with Gasteiger partial charge in [-0.25, -0.2) is 4.89 Å². The van der Waals surface area contributed by atoms with Crippen molar-refractivity contribution < 1.29 is 14.9 Å². The molecule has 0 bridgehead atoms. The first-order valence-electron chi connectivity index (χ1n) is 5.59. The molecule has 0 saturated heterocycles. The van der Waals surface area contributed by atoms with Crippen LogP contribution < -0.4 is 0 Å². The quantitative estimate of drug-likeness (QED) is 0.338. The number of ketones is 1.